The first-order chi connectivity index (χ1) is 9.42. The summed E-state index contributed by atoms with van der Waals surface area (Å²) in [6.07, 6.45) is 2.69. The van der Waals surface area contributed by atoms with E-state index >= 15 is 0 Å². The maximum absolute atomic E-state index is 10.5. The van der Waals surface area contributed by atoms with Gasteiger partial charge in [0.05, 0.1) is 25.3 Å². The van der Waals surface area contributed by atoms with E-state index in [9.17, 15) is 14.4 Å². The minimum atomic E-state index is -4.66. The van der Waals surface area contributed by atoms with Crippen LogP contribution in [0.5, 0.6) is 0 Å². The Labute approximate surface area is 171 Å². The summed E-state index contributed by atoms with van der Waals surface area (Å²) in [5, 5.41) is 0. The summed E-state index contributed by atoms with van der Waals surface area (Å²) in [6, 6.07) is -0.194. The van der Waals surface area contributed by atoms with Crippen molar-refractivity contribution in [3.8, 4) is 0 Å². The average molecular weight is 345 g/mol. The number of rotatable bonds is 6. The second-order valence-electron chi connectivity index (χ2n) is 4.26. The Kier molecular flexibility index (Phi) is 9.88. The molecule has 2 N–H and O–H groups in total. The summed E-state index contributed by atoms with van der Waals surface area (Å²) < 4.78 is 17.2. The third-order valence-corrected chi connectivity index (χ3v) is 3.31. The molecule has 2 rings (SSSR count). The molecule has 22 heavy (non-hydrogen) atoms. The quantitative estimate of drug-likeness (QED) is 0.402. The summed E-state index contributed by atoms with van der Waals surface area (Å²) in [6.45, 7) is 1.97. The Morgan fingerprint density at radius 1 is 1.36 bits per heavy atom. The zero-order chi connectivity index (χ0) is 14.8. The molecule has 0 aromatic carbocycles. The predicted molar refractivity (Wildman–Crippen MR) is 67.5 cm³/mol. The number of nitrogens with two attached hydrogens (primary N) is 1. The van der Waals surface area contributed by atoms with E-state index in [1.165, 1.54) is 6.33 Å². The first-order valence-electron chi connectivity index (χ1n) is 5.94. The SMILES string of the molecule is CC[C@H](COCP(=O)([O-])[O-])n1cnc2c(N)ncnc21.[Na+].[Na+]. The molecule has 2 aromatic heterocycles. The van der Waals surface area contributed by atoms with Gasteiger partial charge in [-0.1, -0.05) is 6.92 Å². The van der Waals surface area contributed by atoms with Gasteiger partial charge in [0, 0.05) is 0 Å². The van der Waals surface area contributed by atoms with Crippen LogP contribution in [0.25, 0.3) is 11.2 Å². The molecule has 1 atom stereocenters. The number of nitrogens with zero attached hydrogens (tertiary/aromatic N) is 4. The molecular weight excluding hydrogens is 331 g/mol. The molecule has 0 aliphatic heterocycles. The molecule has 9 nitrogen and oxygen atoms in total. The first kappa shape index (κ1) is 22.5. The van der Waals surface area contributed by atoms with Crippen LogP contribution in [0, 0.1) is 0 Å². The van der Waals surface area contributed by atoms with Crippen LogP contribution in [-0.2, 0) is 9.30 Å². The smallest absolute Gasteiger partial charge is 0.809 e. The van der Waals surface area contributed by atoms with Crippen LogP contribution in [0.15, 0.2) is 12.7 Å². The number of imidazole rings is 1. The molecule has 0 radical (unpaired) electrons. The second kappa shape index (κ2) is 9.68. The molecule has 0 saturated heterocycles. The van der Waals surface area contributed by atoms with Gasteiger partial charge in [-0.3, -0.25) is 0 Å². The van der Waals surface area contributed by atoms with Crippen LogP contribution in [0.4, 0.5) is 5.82 Å². The van der Waals surface area contributed by atoms with Crippen LogP contribution in [0.1, 0.15) is 19.4 Å². The van der Waals surface area contributed by atoms with Crippen molar-refractivity contribution in [2.24, 2.45) is 0 Å². The van der Waals surface area contributed by atoms with Gasteiger partial charge in [-0.05, 0) is 14.0 Å². The maximum atomic E-state index is 10.5. The van der Waals surface area contributed by atoms with Gasteiger partial charge in [0.25, 0.3) is 0 Å². The Morgan fingerprint density at radius 3 is 2.64 bits per heavy atom. The fourth-order valence-corrected chi connectivity index (χ4v) is 2.16. The third kappa shape index (κ3) is 5.83. The molecule has 0 fully saturated rings. The molecule has 0 unspecified atom stereocenters. The van der Waals surface area contributed by atoms with Gasteiger partial charge < -0.3 is 29.4 Å². The number of hydrogen-bond donors (Lipinski definition) is 1. The van der Waals surface area contributed by atoms with Crippen LogP contribution in [0.3, 0.4) is 0 Å². The van der Waals surface area contributed by atoms with Gasteiger partial charge >= 0.3 is 59.1 Å². The molecule has 0 spiro atoms. The van der Waals surface area contributed by atoms with E-state index < -0.39 is 13.9 Å². The van der Waals surface area contributed by atoms with Crippen molar-refractivity contribution in [1.29, 1.82) is 0 Å². The predicted octanol–water partition coefficient (Wildman–Crippen LogP) is -6.74. The number of aromatic nitrogens is 4. The minimum Gasteiger partial charge on any atom is -0.809 e. The molecule has 0 amide bonds. The van der Waals surface area contributed by atoms with Crippen molar-refractivity contribution in [1.82, 2.24) is 19.5 Å². The van der Waals surface area contributed by atoms with Crippen LogP contribution in [0.2, 0.25) is 0 Å². The van der Waals surface area contributed by atoms with Crippen molar-refractivity contribution in [2.75, 3.05) is 18.7 Å². The summed E-state index contributed by atoms with van der Waals surface area (Å²) in [7, 11) is -4.66. The molecule has 0 saturated carbocycles. The average Bonchev–Trinajstić information content (AvgIpc) is 2.79. The normalized spacial score (nSPS) is 12.5. The van der Waals surface area contributed by atoms with Crippen molar-refractivity contribution in [3.05, 3.63) is 12.7 Å². The van der Waals surface area contributed by atoms with E-state index in [0.717, 1.165) is 0 Å². The van der Waals surface area contributed by atoms with Gasteiger partial charge in [0.15, 0.2) is 11.5 Å². The van der Waals surface area contributed by atoms with Crippen molar-refractivity contribution < 1.29 is 78.2 Å². The molecule has 2 heterocycles. The Bertz CT molecular complexity index is 649. The van der Waals surface area contributed by atoms with Crippen molar-refractivity contribution in [2.45, 2.75) is 19.4 Å². The Hall–Kier alpha value is 0.460. The molecule has 2 aromatic rings. The van der Waals surface area contributed by atoms with Crippen LogP contribution >= 0.6 is 7.60 Å². The fraction of sp³-hybridized carbons (Fsp3) is 0.500. The van der Waals surface area contributed by atoms with E-state index in [1.807, 2.05) is 6.92 Å². The van der Waals surface area contributed by atoms with Crippen LogP contribution in [-0.4, -0.2) is 32.5 Å². The number of anilines is 1. The van der Waals surface area contributed by atoms with Crippen molar-refractivity contribution >= 4 is 24.6 Å². The molecule has 12 heteroatoms. The van der Waals surface area contributed by atoms with Crippen LogP contribution < -0.4 is 74.6 Å². The van der Waals surface area contributed by atoms with E-state index in [0.29, 0.717) is 17.6 Å². The van der Waals surface area contributed by atoms with Gasteiger partial charge in [-0.2, -0.15) is 0 Å². The Balaban J connectivity index is 0.00000220. The molecule has 110 valence electrons. The number of hydrogen-bond acceptors (Lipinski definition) is 8. The number of nitrogen functional groups attached to an aromatic ring is 1. The monoisotopic (exact) mass is 345 g/mol. The third-order valence-electron chi connectivity index (χ3n) is 2.81. The topological polar surface area (TPSA) is 142 Å². The summed E-state index contributed by atoms with van der Waals surface area (Å²) in [4.78, 5) is 33.1. The fourth-order valence-electron chi connectivity index (χ4n) is 1.83. The van der Waals surface area contributed by atoms with E-state index in [4.69, 9.17) is 10.5 Å². The summed E-state index contributed by atoms with van der Waals surface area (Å²) in [5.41, 5.74) is 6.71. The van der Waals surface area contributed by atoms with Gasteiger partial charge in [0.2, 0.25) is 0 Å². The van der Waals surface area contributed by atoms with E-state index in [1.54, 1.807) is 10.9 Å². The maximum Gasteiger partial charge on any atom is 1.00 e. The second-order valence-corrected chi connectivity index (χ2v) is 5.74. The largest absolute Gasteiger partial charge is 1.00 e. The minimum absolute atomic E-state index is 0. The summed E-state index contributed by atoms with van der Waals surface area (Å²) >= 11 is 0. The number of fused-ring (bicyclic) bond motifs is 1. The standard InChI is InChI=1S/C10H16N5O4P.2Na/c1-2-7(3-19-6-20(16,17)18)15-5-14-8-9(11)12-4-13-10(8)15;;/h4-5,7H,2-3,6H2,1H3,(H2,11,12,13)(H2,16,17,18);;/q;2*+1/p-2/t7-;;/m1../s1. The van der Waals surface area contributed by atoms with Crippen molar-refractivity contribution in [3.63, 3.8) is 0 Å². The molecular formula is C10H14N5Na2O4P. The van der Waals surface area contributed by atoms with Gasteiger partial charge in [0.1, 0.15) is 11.8 Å². The summed E-state index contributed by atoms with van der Waals surface area (Å²) in [5.74, 6) is 0.271. The van der Waals surface area contributed by atoms with Gasteiger partial charge in [-0.15, -0.1) is 0 Å². The first-order valence-corrected chi connectivity index (χ1v) is 7.67. The molecule has 0 aliphatic rings. The number of ether oxygens (including phenoxy) is 1. The molecule has 0 aliphatic carbocycles. The zero-order valence-electron chi connectivity index (χ0n) is 12.8. The van der Waals surface area contributed by atoms with Gasteiger partial charge in [-0.25, -0.2) is 15.0 Å². The molecule has 0 bridgehead atoms. The Morgan fingerprint density at radius 2 is 2.05 bits per heavy atom. The zero-order valence-corrected chi connectivity index (χ0v) is 17.7. The van der Waals surface area contributed by atoms with E-state index in [2.05, 4.69) is 15.0 Å². The van der Waals surface area contributed by atoms with E-state index in [-0.39, 0.29) is 77.6 Å².